The Hall–Kier alpha value is -2.76. The molecule has 0 saturated carbocycles. The molecular weight excluding hydrogens is 284 g/mol. The molecule has 0 fully saturated rings. The second-order valence-electron chi connectivity index (χ2n) is 5.20. The molecule has 22 heavy (non-hydrogen) atoms. The van der Waals surface area contributed by atoms with Crippen LogP contribution in [0.4, 0.5) is 5.69 Å². The van der Waals surface area contributed by atoms with Crippen molar-refractivity contribution in [3.63, 3.8) is 0 Å². The van der Waals surface area contributed by atoms with E-state index in [1.807, 2.05) is 0 Å². The third-order valence-electron chi connectivity index (χ3n) is 3.56. The van der Waals surface area contributed by atoms with E-state index in [1.54, 1.807) is 42.5 Å². The van der Waals surface area contributed by atoms with Crippen LogP contribution < -0.4 is 0 Å². The summed E-state index contributed by atoms with van der Waals surface area (Å²) in [7, 11) is 1.71. The van der Waals surface area contributed by atoms with Gasteiger partial charge < -0.3 is 4.90 Å². The predicted octanol–water partition coefficient (Wildman–Crippen LogP) is 2.57. The number of nitrogens with zero attached hydrogens (tertiary/aromatic N) is 2. The molecule has 1 aromatic carbocycles. The standard InChI is InChI=1S/C16H16N2O4/c1-10(19)13-8-17(3)9-14(11(2)20)16(13)12-6-4-5-7-15(12)18(21)22/h4-9,16H,1-3H3. The number of rotatable bonds is 4. The lowest BCUT2D eigenvalue weighted by molar-refractivity contribution is -0.385. The largest absolute Gasteiger partial charge is 0.356 e. The van der Waals surface area contributed by atoms with Crippen LogP contribution in [-0.2, 0) is 9.59 Å². The highest BCUT2D eigenvalue weighted by Gasteiger charge is 2.34. The molecule has 0 unspecified atom stereocenters. The molecule has 0 aromatic heterocycles. The molecule has 2 rings (SSSR count). The van der Waals surface area contributed by atoms with Crippen molar-refractivity contribution in [1.29, 1.82) is 0 Å². The molecular formula is C16H16N2O4. The van der Waals surface area contributed by atoms with Crippen molar-refractivity contribution in [1.82, 2.24) is 4.90 Å². The number of carbonyl (C=O) groups excluding carboxylic acids is 2. The zero-order valence-corrected chi connectivity index (χ0v) is 12.6. The number of hydrogen-bond donors (Lipinski definition) is 0. The molecule has 0 radical (unpaired) electrons. The minimum atomic E-state index is -0.715. The second kappa shape index (κ2) is 5.93. The van der Waals surface area contributed by atoms with Crippen LogP contribution in [0, 0.1) is 10.1 Å². The summed E-state index contributed by atoms with van der Waals surface area (Å²) < 4.78 is 0. The van der Waals surface area contributed by atoms with E-state index < -0.39 is 10.8 Å². The number of ketones is 2. The summed E-state index contributed by atoms with van der Waals surface area (Å²) >= 11 is 0. The lowest BCUT2D eigenvalue weighted by Crippen LogP contribution is -2.24. The Labute approximate surface area is 127 Å². The number of hydrogen-bond acceptors (Lipinski definition) is 5. The normalized spacial score (nSPS) is 15.1. The van der Waals surface area contributed by atoms with Crippen LogP contribution in [0.2, 0.25) is 0 Å². The molecule has 1 aliphatic heterocycles. The highest BCUT2D eigenvalue weighted by Crippen LogP contribution is 2.40. The molecule has 0 bridgehead atoms. The van der Waals surface area contributed by atoms with Crippen LogP contribution in [0.25, 0.3) is 0 Å². The minimum absolute atomic E-state index is 0.101. The van der Waals surface area contributed by atoms with Gasteiger partial charge in [-0.15, -0.1) is 0 Å². The molecule has 1 aliphatic rings. The van der Waals surface area contributed by atoms with Crippen LogP contribution in [0.1, 0.15) is 25.3 Å². The zero-order chi connectivity index (χ0) is 16.4. The fraction of sp³-hybridized carbons (Fsp3) is 0.250. The molecule has 0 spiro atoms. The average molecular weight is 300 g/mol. The van der Waals surface area contributed by atoms with Crippen LogP contribution in [0.15, 0.2) is 47.8 Å². The molecule has 6 heteroatoms. The Bertz CT molecular complexity index is 687. The van der Waals surface area contributed by atoms with E-state index in [0.717, 1.165) is 0 Å². The molecule has 1 aromatic rings. The number of carbonyl (C=O) groups is 2. The molecule has 0 saturated heterocycles. The Morgan fingerprint density at radius 3 is 2.05 bits per heavy atom. The van der Waals surface area contributed by atoms with Crippen LogP contribution in [0.5, 0.6) is 0 Å². The van der Waals surface area contributed by atoms with Gasteiger partial charge in [0.15, 0.2) is 11.6 Å². The van der Waals surface area contributed by atoms with E-state index in [4.69, 9.17) is 0 Å². The molecule has 114 valence electrons. The van der Waals surface area contributed by atoms with Gasteiger partial charge in [0, 0.05) is 42.2 Å². The first-order chi connectivity index (χ1) is 10.3. The minimum Gasteiger partial charge on any atom is -0.356 e. The summed E-state index contributed by atoms with van der Waals surface area (Å²) in [5, 5.41) is 11.3. The molecule has 0 atom stereocenters. The van der Waals surface area contributed by atoms with E-state index >= 15 is 0 Å². The van der Waals surface area contributed by atoms with Crippen LogP contribution in [0.3, 0.4) is 0 Å². The third-order valence-corrected chi connectivity index (χ3v) is 3.56. The maximum atomic E-state index is 12.0. The monoisotopic (exact) mass is 300 g/mol. The van der Waals surface area contributed by atoms with Crippen molar-refractivity contribution < 1.29 is 14.5 Å². The van der Waals surface area contributed by atoms with Gasteiger partial charge in [0.25, 0.3) is 5.69 Å². The van der Waals surface area contributed by atoms with Gasteiger partial charge in [0.05, 0.1) is 10.8 Å². The summed E-state index contributed by atoms with van der Waals surface area (Å²) in [4.78, 5) is 36.3. The topological polar surface area (TPSA) is 80.5 Å². The number of nitro groups is 1. The molecule has 1 heterocycles. The zero-order valence-electron chi connectivity index (χ0n) is 12.6. The molecule has 0 aliphatic carbocycles. The van der Waals surface area contributed by atoms with Gasteiger partial charge in [-0.2, -0.15) is 0 Å². The Balaban J connectivity index is 2.70. The highest BCUT2D eigenvalue weighted by atomic mass is 16.6. The van der Waals surface area contributed by atoms with Gasteiger partial charge in [-0.25, -0.2) is 0 Å². The van der Waals surface area contributed by atoms with Crippen molar-refractivity contribution in [3.05, 3.63) is 63.5 Å². The van der Waals surface area contributed by atoms with E-state index in [0.29, 0.717) is 16.7 Å². The predicted molar refractivity (Wildman–Crippen MR) is 81.1 cm³/mol. The van der Waals surface area contributed by atoms with Crippen molar-refractivity contribution >= 4 is 17.3 Å². The van der Waals surface area contributed by atoms with Crippen molar-refractivity contribution in [3.8, 4) is 0 Å². The summed E-state index contributed by atoms with van der Waals surface area (Å²) in [5.74, 6) is -1.16. The van der Waals surface area contributed by atoms with E-state index in [1.165, 1.54) is 19.9 Å². The van der Waals surface area contributed by atoms with Crippen LogP contribution >= 0.6 is 0 Å². The van der Waals surface area contributed by atoms with E-state index in [9.17, 15) is 19.7 Å². The molecule has 0 amide bonds. The summed E-state index contributed by atoms with van der Waals surface area (Å²) in [6.07, 6.45) is 3.21. The van der Waals surface area contributed by atoms with E-state index in [2.05, 4.69) is 0 Å². The lowest BCUT2D eigenvalue weighted by Gasteiger charge is -2.28. The van der Waals surface area contributed by atoms with Crippen molar-refractivity contribution in [2.24, 2.45) is 0 Å². The van der Waals surface area contributed by atoms with Gasteiger partial charge in [-0.3, -0.25) is 19.7 Å². The Morgan fingerprint density at radius 1 is 1.09 bits per heavy atom. The van der Waals surface area contributed by atoms with Gasteiger partial charge in [0.1, 0.15) is 0 Å². The van der Waals surface area contributed by atoms with Gasteiger partial charge in [-0.1, -0.05) is 18.2 Å². The van der Waals surface area contributed by atoms with Gasteiger partial charge in [-0.05, 0) is 13.8 Å². The fourth-order valence-corrected chi connectivity index (χ4v) is 2.61. The SMILES string of the molecule is CC(=O)C1=CN(C)C=C(C(C)=O)C1c1ccccc1[N+](=O)[O-]. The number of allylic oxidation sites excluding steroid dienone is 2. The highest BCUT2D eigenvalue weighted by molar-refractivity contribution is 6.02. The van der Waals surface area contributed by atoms with Crippen molar-refractivity contribution in [2.45, 2.75) is 19.8 Å². The number of benzene rings is 1. The quantitative estimate of drug-likeness (QED) is 0.630. The van der Waals surface area contributed by atoms with Gasteiger partial charge >= 0.3 is 0 Å². The second-order valence-corrected chi connectivity index (χ2v) is 5.20. The summed E-state index contributed by atoms with van der Waals surface area (Å²) in [6, 6.07) is 6.19. The Kier molecular flexibility index (Phi) is 4.21. The lowest BCUT2D eigenvalue weighted by atomic mass is 9.80. The number of Topliss-reactive ketones (excluding diaryl/α,β-unsaturated/α-hetero) is 2. The first-order valence-corrected chi connectivity index (χ1v) is 6.73. The first-order valence-electron chi connectivity index (χ1n) is 6.73. The van der Waals surface area contributed by atoms with Gasteiger partial charge in [0.2, 0.25) is 0 Å². The maximum absolute atomic E-state index is 12.0. The molecule has 0 N–H and O–H groups in total. The maximum Gasteiger partial charge on any atom is 0.273 e. The number of nitro benzene ring substituents is 1. The smallest absolute Gasteiger partial charge is 0.273 e. The molecule has 6 nitrogen and oxygen atoms in total. The summed E-state index contributed by atoms with van der Waals surface area (Å²) in [6.45, 7) is 2.79. The third kappa shape index (κ3) is 2.81. The Morgan fingerprint density at radius 2 is 1.59 bits per heavy atom. The number of para-hydroxylation sites is 1. The van der Waals surface area contributed by atoms with Crippen molar-refractivity contribution in [2.75, 3.05) is 7.05 Å². The fourth-order valence-electron chi connectivity index (χ4n) is 2.61. The average Bonchev–Trinajstić information content (AvgIpc) is 2.46. The van der Waals surface area contributed by atoms with E-state index in [-0.39, 0.29) is 17.3 Å². The first kappa shape index (κ1) is 15.6. The van der Waals surface area contributed by atoms with Crippen LogP contribution in [-0.4, -0.2) is 28.4 Å². The summed E-state index contributed by atoms with van der Waals surface area (Å²) in [5.41, 5.74) is 0.980.